The first kappa shape index (κ1) is 20.7. The fraction of sp³-hybridized carbons (Fsp3) is 0.364. The Balaban J connectivity index is 1.94. The van der Waals surface area contributed by atoms with E-state index in [1.807, 2.05) is 37.4 Å². The van der Waals surface area contributed by atoms with Crippen LogP contribution in [0.4, 0.5) is 0 Å². The van der Waals surface area contributed by atoms with Gasteiger partial charge in [0.2, 0.25) is 0 Å². The molecule has 1 heterocycles. The fourth-order valence-corrected chi connectivity index (χ4v) is 3.29. The van der Waals surface area contributed by atoms with Crippen LogP contribution >= 0.6 is 0 Å². The van der Waals surface area contributed by atoms with Gasteiger partial charge in [0.05, 0.1) is 5.69 Å². The number of nitrogens with zero attached hydrogens (tertiary/aromatic N) is 6. The van der Waals surface area contributed by atoms with Crippen LogP contribution in [0.1, 0.15) is 29.8 Å². The van der Waals surface area contributed by atoms with Crippen molar-refractivity contribution in [2.75, 3.05) is 33.2 Å². The lowest BCUT2D eigenvalue weighted by atomic mass is 10.00. The Kier molecular flexibility index (Phi) is 6.72. The average Bonchev–Trinajstić information content (AvgIpc) is 3.28. The van der Waals surface area contributed by atoms with Crippen molar-refractivity contribution in [3.63, 3.8) is 0 Å². The first-order valence-electron chi connectivity index (χ1n) is 9.95. The second-order valence-electron chi connectivity index (χ2n) is 7.15. The lowest BCUT2D eigenvalue weighted by Gasteiger charge is -2.23. The quantitative estimate of drug-likeness (QED) is 0.589. The van der Waals surface area contributed by atoms with Gasteiger partial charge in [-0.3, -0.25) is 4.79 Å². The molecule has 0 saturated carbocycles. The maximum absolute atomic E-state index is 13.2. The molecular formula is C22H28N6O. The number of aromatic nitrogens is 4. The van der Waals surface area contributed by atoms with Crippen LogP contribution < -0.4 is 0 Å². The van der Waals surface area contributed by atoms with Crippen LogP contribution in [-0.4, -0.2) is 69.1 Å². The zero-order chi connectivity index (χ0) is 20.8. The number of aryl methyl sites for hydroxylation is 1. The summed E-state index contributed by atoms with van der Waals surface area (Å²) >= 11 is 0. The molecule has 0 spiro atoms. The van der Waals surface area contributed by atoms with E-state index in [-0.39, 0.29) is 5.91 Å². The summed E-state index contributed by atoms with van der Waals surface area (Å²) in [6.07, 6.45) is 1.54. The molecule has 0 saturated heterocycles. The third-order valence-corrected chi connectivity index (χ3v) is 5.12. The molecule has 1 aromatic heterocycles. The molecule has 1 amide bonds. The predicted molar refractivity (Wildman–Crippen MR) is 114 cm³/mol. The molecule has 0 aliphatic rings. The van der Waals surface area contributed by atoms with Gasteiger partial charge in [-0.15, -0.1) is 5.10 Å². The predicted octanol–water partition coefficient (Wildman–Crippen LogP) is 3.05. The Morgan fingerprint density at radius 2 is 1.83 bits per heavy atom. The van der Waals surface area contributed by atoms with E-state index in [2.05, 4.69) is 53.3 Å². The number of benzene rings is 2. The van der Waals surface area contributed by atoms with E-state index in [1.165, 1.54) is 11.9 Å². The van der Waals surface area contributed by atoms with Crippen LogP contribution in [0.5, 0.6) is 0 Å². The zero-order valence-corrected chi connectivity index (χ0v) is 17.5. The number of amides is 1. The van der Waals surface area contributed by atoms with E-state index in [1.54, 1.807) is 9.58 Å². The van der Waals surface area contributed by atoms with Gasteiger partial charge >= 0.3 is 0 Å². The molecule has 7 nitrogen and oxygen atoms in total. The highest BCUT2D eigenvalue weighted by atomic mass is 16.2. The van der Waals surface area contributed by atoms with Gasteiger partial charge in [0.1, 0.15) is 6.33 Å². The highest BCUT2D eigenvalue weighted by Crippen LogP contribution is 2.25. The number of carbonyl (C=O) groups is 1. The lowest BCUT2D eigenvalue weighted by molar-refractivity contribution is 0.0780. The van der Waals surface area contributed by atoms with Gasteiger partial charge in [0.25, 0.3) is 5.91 Å². The standard InChI is InChI=1S/C22H28N6O/c1-5-27(6-2)11-10-26(4)22(29)20-13-19(18-9-7-8-17(3)12-18)14-21(15-20)28-16-23-24-25-28/h7-9,12-16H,5-6,10-11H2,1-4H3. The lowest BCUT2D eigenvalue weighted by Crippen LogP contribution is -2.36. The molecular weight excluding hydrogens is 364 g/mol. The SMILES string of the molecule is CCN(CC)CCN(C)C(=O)c1cc(-c2cccc(C)c2)cc(-n2cnnn2)c1. The van der Waals surface area contributed by atoms with Gasteiger partial charge in [-0.25, -0.2) is 4.68 Å². The molecule has 152 valence electrons. The molecule has 0 radical (unpaired) electrons. The first-order chi connectivity index (χ1) is 14.0. The summed E-state index contributed by atoms with van der Waals surface area (Å²) in [4.78, 5) is 17.2. The molecule has 0 bridgehead atoms. The number of hydrogen-bond acceptors (Lipinski definition) is 5. The fourth-order valence-electron chi connectivity index (χ4n) is 3.29. The van der Waals surface area contributed by atoms with Crippen molar-refractivity contribution in [2.24, 2.45) is 0 Å². The molecule has 2 aromatic carbocycles. The molecule has 7 heteroatoms. The molecule has 0 fully saturated rings. The van der Waals surface area contributed by atoms with E-state index >= 15 is 0 Å². The van der Waals surface area contributed by atoms with E-state index in [0.29, 0.717) is 12.1 Å². The summed E-state index contributed by atoms with van der Waals surface area (Å²) in [6, 6.07) is 14.0. The molecule has 3 aromatic rings. The van der Waals surface area contributed by atoms with Crippen molar-refractivity contribution in [3.05, 3.63) is 59.9 Å². The van der Waals surface area contributed by atoms with Crippen LogP contribution in [0.15, 0.2) is 48.8 Å². The average molecular weight is 393 g/mol. The Bertz CT molecular complexity index is 950. The highest BCUT2D eigenvalue weighted by molar-refractivity contribution is 5.96. The van der Waals surface area contributed by atoms with Crippen molar-refractivity contribution in [2.45, 2.75) is 20.8 Å². The van der Waals surface area contributed by atoms with Gasteiger partial charge in [0, 0.05) is 25.7 Å². The normalized spacial score (nSPS) is 11.1. The van der Waals surface area contributed by atoms with Crippen LogP contribution in [0.25, 0.3) is 16.8 Å². The van der Waals surface area contributed by atoms with E-state index in [0.717, 1.165) is 36.4 Å². The maximum Gasteiger partial charge on any atom is 0.253 e. The molecule has 0 N–H and O–H groups in total. The minimum Gasteiger partial charge on any atom is -0.340 e. The number of carbonyl (C=O) groups excluding carboxylic acids is 1. The van der Waals surface area contributed by atoms with Crippen LogP contribution in [-0.2, 0) is 0 Å². The molecule has 3 rings (SSSR count). The highest BCUT2D eigenvalue weighted by Gasteiger charge is 2.16. The minimum atomic E-state index is -0.0130. The van der Waals surface area contributed by atoms with Crippen molar-refractivity contribution in [1.82, 2.24) is 30.0 Å². The van der Waals surface area contributed by atoms with Crippen LogP contribution in [0.2, 0.25) is 0 Å². The molecule has 0 aliphatic carbocycles. The Labute approximate surface area is 171 Å². The summed E-state index contributed by atoms with van der Waals surface area (Å²) in [6.45, 7) is 9.81. The zero-order valence-electron chi connectivity index (χ0n) is 17.5. The van der Waals surface area contributed by atoms with Crippen molar-refractivity contribution in [3.8, 4) is 16.8 Å². The molecule has 0 atom stereocenters. The van der Waals surface area contributed by atoms with E-state index in [9.17, 15) is 4.79 Å². The first-order valence-corrected chi connectivity index (χ1v) is 9.95. The van der Waals surface area contributed by atoms with Crippen molar-refractivity contribution >= 4 is 5.91 Å². The van der Waals surface area contributed by atoms with Crippen molar-refractivity contribution < 1.29 is 4.79 Å². The number of hydrogen-bond donors (Lipinski definition) is 0. The third kappa shape index (κ3) is 5.06. The summed E-state index contributed by atoms with van der Waals surface area (Å²) in [5.41, 5.74) is 4.56. The second-order valence-corrected chi connectivity index (χ2v) is 7.15. The Hall–Kier alpha value is -3.06. The Morgan fingerprint density at radius 1 is 1.03 bits per heavy atom. The summed E-state index contributed by atoms with van der Waals surface area (Å²) in [5, 5.41) is 11.4. The monoisotopic (exact) mass is 392 g/mol. The second kappa shape index (κ2) is 9.43. The Morgan fingerprint density at radius 3 is 2.48 bits per heavy atom. The molecule has 0 aliphatic heterocycles. The number of likely N-dealkylation sites (N-methyl/N-ethyl adjacent to an activating group) is 2. The van der Waals surface area contributed by atoms with Gasteiger partial charge < -0.3 is 9.80 Å². The smallest absolute Gasteiger partial charge is 0.253 e. The molecule has 29 heavy (non-hydrogen) atoms. The number of rotatable bonds is 8. The third-order valence-electron chi connectivity index (χ3n) is 5.12. The summed E-state index contributed by atoms with van der Waals surface area (Å²) in [5.74, 6) is -0.0130. The van der Waals surface area contributed by atoms with Crippen LogP contribution in [0, 0.1) is 6.92 Å². The van der Waals surface area contributed by atoms with E-state index in [4.69, 9.17) is 0 Å². The maximum atomic E-state index is 13.2. The van der Waals surface area contributed by atoms with Gasteiger partial charge in [-0.05, 0) is 59.8 Å². The molecule has 0 unspecified atom stereocenters. The topological polar surface area (TPSA) is 67.2 Å². The van der Waals surface area contributed by atoms with E-state index < -0.39 is 0 Å². The van der Waals surface area contributed by atoms with Gasteiger partial charge in [0.15, 0.2) is 0 Å². The largest absolute Gasteiger partial charge is 0.340 e. The number of tetrazole rings is 1. The summed E-state index contributed by atoms with van der Waals surface area (Å²) in [7, 11) is 1.85. The van der Waals surface area contributed by atoms with Crippen LogP contribution in [0.3, 0.4) is 0 Å². The van der Waals surface area contributed by atoms with Crippen molar-refractivity contribution in [1.29, 1.82) is 0 Å². The van der Waals surface area contributed by atoms with Gasteiger partial charge in [-0.2, -0.15) is 0 Å². The minimum absolute atomic E-state index is 0.0130. The van der Waals surface area contributed by atoms with Gasteiger partial charge in [-0.1, -0.05) is 43.7 Å². The summed E-state index contributed by atoms with van der Waals surface area (Å²) < 4.78 is 1.58.